The van der Waals surface area contributed by atoms with E-state index in [-0.39, 0.29) is 16.2 Å². The van der Waals surface area contributed by atoms with Crippen molar-refractivity contribution in [2.24, 2.45) is 0 Å². The van der Waals surface area contributed by atoms with Gasteiger partial charge in [-0.25, -0.2) is 0 Å². The second kappa shape index (κ2) is 9.74. The van der Waals surface area contributed by atoms with Crippen molar-refractivity contribution in [3.8, 4) is 22.8 Å². The molecule has 0 atom stereocenters. The summed E-state index contributed by atoms with van der Waals surface area (Å²) in [6.07, 6.45) is 3.75. The Morgan fingerprint density at radius 1 is 1.03 bits per heavy atom. The molecular weight excluding hydrogens is 426 g/mol. The van der Waals surface area contributed by atoms with Crippen molar-refractivity contribution in [2.75, 3.05) is 13.2 Å². The van der Waals surface area contributed by atoms with Crippen LogP contribution in [0.25, 0.3) is 22.3 Å². The number of nitrogens with zero attached hydrogens (tertiary/aromatic N) is 3. The highest BCUT2D eigenvalue weighted by Crippen LogP contribution is 2.29. The number of hydrogen-bond acceptors (Lipinski definition) is 7. The van der Waals surface area contributed by atoms with Crippen LogP contribution in [0.1, 0.15) is 32.3 Å². The zero-order valence-corrected chi connectivity index (χ0v) is 18.7. The molecule has 8 heteroatoms. The Morgan fingerprint density at radius 2 is 1.84 bits per heavy atom. The van der Waals surface area contributed by atoms with Gasteiger partial charge in [-0.1, -0.05) is 61.1 Å². The third-order valence-electron chi connectivity index (χ3n) is 4.75. The van der Waals surface area contributed by atoms with Gasteiger partial charge in [-0.05, 0) is 37.1 Å². The first kappa shape index (κ1) is 21.7. The molecule has 2 aromatic carbocycles. The van der Waals surface area contributed by atoms with Gasteiger partial charge in [0, 0.05) is 5.56 Å². The Kier molecular flexibility index (Phi) is 6.61. The van der Waals surface area contributed by atoms with Gasteiger partial charge in [0.2, 0.25) is 4.96 Å². The Balaban J connectivity index is 1.75. The smallest absolute Gasteiger partial charge is 0.300 e. The van der Waals surface area contributed by atoms with Crippen LogP contribution in [-0.2, 0) is 0 Å². The number of thiazole rings is 1. The highest BCUT2D eigenvalue weighted by Gasteiger charge is 2.13. The van der Waals surface area contributed by atoms with Crippen LogP contribution in [0.2, 0.25) is 0 Å². The zero-order valence-electron chi connectivity index (χ0n) is 17.9. The highest BCUT2D eigenvalue weighted by atomic mass is 32.1. The summed E-state index contributed by atoms with van der Waals surface area (Å²) < 4.78 is 13.2. The molecule has 0 aliphatic heterocycles. The summed E-state index contributed by atoms with van der Waals surface area (Å²) in [7, 11) is 0. The molecule has 0 radical (unpaired) electrons. The lowest BCUT2D eigenvalue weighted by atomic mass is 10.2. The molecule has 0 aliphatic carbocycles. The molecule has 4 rings (SSSR count). The molecule has 0 N–H and O–H groups in total. The molecule has 0 saturated carbocycles. The predicted octanol–water partition coefficient (Wildman–Crippen LogP) is 3.30. The number of rotatable bonds is 8. The summed E-state index contributed by atoms with van der Waals surface area (Å²) in [6, 6.07) is 14.5. The lowest BCUT2D eigenvalue weighted by Crippen LogP contribution is -2.26. The van der Waals surface area contributed by atoms with Gasteiger partial charge in [0.1, 0.15) is 0 Å². The van der Waals surface area contributed by atoms with Crippen molar-refractivity contribution in [1.82, 2.24) is 14.6 Å². The normalized spacial score (nSPS) is 11.8. The number of aromatic nitrogens is 3. The molecule has 2 aromatic heterocycles. The number of unbranched alkanes of at least 4 members (excludes halogenated alkanes) is 1. The summed E-state index contributed by atoms with van der Waals surface area (Å²) in [5.74, 6) is 1.31. The van der Waals surface area contributed by atoms with Crippen LogP contribution in [0.3, 0.4) is 0 Å². The van der Waals surface area contributed by atoms with E-state index in [0.29, 0.717) is 34.8 Å². The fraction of sp³-hybridized carbons (Fsp3) is 0.250. The Labute approximate surface area is 188 Å². The fourth-order valence-corrected chi connectivity index (χ4v) is 4.07. The lowest BCUT2D eigenvalue weighted by molar-refractivity contribution is 0.272. The summed E-state index contributed by atoms with van der Waals surface area (Å²) in [4.78, 5) is 29.7. The number of hydrogen-bond donors (Lipinski definition) is 0. The van der Waals surface area contributed by atoms with E-state index < -0.39 is 5.56 Å². The lowest BCUT2D eigenvalue weighted by Gasteiger charge is -2.12. The average Bonchev–Trinajstić information content (AvgIpc) is 3.09. The Hall–Kier alpha value is -3.52. The van der Waals surface area contributed by atoms with Gasteiger partial charge in [-0.3, -0.25) is 9.59 Å². The topological polar surface area (TPSA) is 82.8 Å². The number of benzene rings is 2. The summed E-state index contributed by atoms with van der Waals surface area (Å²) >= 11 is 1.13. The maximum absolute atomic E-state index is 13.0. The molecule has 7 nitrogen and oxygen atoms in total. The average molecular weight is 450 g/mol. The largest absolute Gasteiger partial charge is 0.490 e. The number of fused-ring (bicyclic) bond motifs is 1. The van der Waals surface area contributed by atoms with E-state index in [9.17, 15) is 9.59 Å². The van der Waals surface area contributed by atoms with Gasteiger partial charge in [0.25, 0.3) is 5.56 Å². The maximum Gasteiger partial charge on any atom is 0.300 e. The Morgan fingerprint density at radius 3 is 2.59 bits per heavy atom. The van der Waals surface area contributed by atoms with Gasteiger partial charge in [-0.15, -0.1) is 0 Å². The van der Waals surface area contributed by atoms with Crippen LogP contribution in [0.4, 0.5) is 0 Å². The fourth-order valence-electron chi connectivity index (χ4n) is 3.17. The van der Waals surface area contributed by atoms with Crippen LogP contribution in [0, 0.1) is 0 Å². The standard InChI is InChI=1S/C24H23N3O4S/c1-3-5-13-31-18-12-11-16(14-19(18)30-4-2)15-20-23(29)27-24(32-20)25-22(28)21(26-27)17-9-7-6-8-10-17/h6-12,14-15H,3-5,13H2,1-2H3/b20-15-. The molecule has 32 heavy (non-hydrogen) atoms. The molecular formula is C24H23N3O4S. The van der Waals surface area contributed by atoms with E-state index in [2.05, 4.69) is 17.0 Å². The molecule has 0 bridgehead atoms. The van der Waals surface area contributed by atoms with Gasteiger partial charge in [-0.2, -0.15) is 14.6 Å². The van der Waals surface area contributed by atoms with Crippen molar-refractivity contribution in [3.05, 3.63) is 79.3 Å². The minimum atomic E-state index is -0.462. The van der Waals surface area contributed by atoms with E-state index in [0.717, 1.165) is 29.7 Å². The van der Waals surface area contributed by atoms with Crippen LogP contribution in [0.5, 0.6) is 11.5 Å². The maximum atomic E-state index is 13.0. The second-order valence-corrected chi connectivity index (χ2v) is 8.09. The SMILES string of the molecule is CCCCOc1ccc(/C=c2\sc3nc(=O)c(-c4ccccc4)nn3c2=O)cc1OCC. The van der Waals surface area contributed by atoms with Gasteiger partial charge in [0.05, 0.1) is 17.7 Å². The molecule has 0 saturated heterocycles. The van der Waals surface area contributed by atoms with Crippen molar-refractivity contribution in [2.45, 2.75) is 26.7 Å². The highest BCUT2D eigenvalue weighted by molar-refractivity contribution is 7.15. The Bertz CT molecular complexity index is 1400. The van der Waals surface area contributed by atoms with Crippen LogP contribution >= 0.6 is 11.3 Å². The summed E-state index contributed by atoms with van der Waals surface area (Å²) in [5.41, 5.74) is 0.769. The van der Waals surface area contributed by atoms with Crippen molar-refractivity contribution in [3.63, 3.8) is 0 Å². The predicted molar refractivity (Wildman–Crippen MR) is 126 cm³/mol. The molecule has 0 amide bonds. The van der Waals surface area contributed by atoms with Crippen LogP contribution in [0.15, 0.2) is 58.1 Å². The first-order valence-corrected chi connectivity index (χ1v) is 11.3. The number of ether oxygens (including phenoxy) is 2. The van der Waals surface area contributed by atoms with E-state index >= 15 is 0 Å². The van der Waals surface area contributed by atoms with Gasteiger partial charge >= 0.3 is 5.56 Å². The van der Waals surface area contributed by atoms with E-state index in [1.807, 2.05) is 43.3 Å². The molecule has 0 fully saturated rings. The van der Waals surface area contributed by atoms with Crippen molar-refractivity contribution < 1.29 is 9.47 Å². The molecule has 4 aromatic rings. The zero-order chi connectivity index (χ0) is 22.5. The van der Waals surface area contributed by atoms with Crippen molar-refractivity contribution in [1.29, 1.82) is 0 Å². The van der Waals surface area contributed by atoms with Crippen LogP contribution in [-0.4, -0.2) is 27.8 Å². The van der Waals surface area contributed by atoms with E-state index in [4.69, 9.17) is 9.47 Å². The summed E-state index contributed by atoms with van der Waals surface area (Å²) in [5, 5.41) is 4.28. The van der Waals surface area contributed by atoms with Crippen LogP contribution < -0.4 is 25.1 Å². The quantitative estimate of drug-likeness (QED) is 0.384. The molecule has 164 valence electrons. The van der Waals surface area contributed by atoms with E-state index in [1.165, 1.54) is 4.52 Å². The van der Waals surface area contributed by atoms with Gasteiger partial charge in [0.15, 0.2) is 17.2 Å². The molecule has 2 heterocycles. The third kappa shape index (κ3) is 4.55. The van der Waals surface area contributed by atoms with Crippen molar-refractivity contribution >= 4 is 22.4 Å². The van der Waals surface area contributed by atoms with Gasteiger partial charge < -0.3 is 9.47 Å². The first-order chi connectivity index (χ1) is 15.6. The second-order valence-electron chi connectivity index (χ2n) is 7.08. The first-order valence-electron chi connectivity index (χ1n) is 10.5. The minimum Gasteiger partial charge on any atom is -0.490 e. The monoisotopic (exact) mass is 449 g/mol. The summed E-state index contributed by atoms with van der Waals surface area (Å²) in [6.45, 7) is 5.14. The molecule has 0 aliphatic rings. The van der Waals surface area contributed by atoms with E-state index in [1.54, 1.807) is 18.2 Å². The molecule has 0 spiro atoms. The minimum absolute atomic E-state index is 0.150. The molecule has 0 unspecified atom stereocenters. The third-order valence-corrected chi connectivity index (χ3v) is 5.71.